The van der Waals surface area contributed by atoms with Crippen molar-refractivity contribution in [3.05, 3.63) is 64.0 Å². The molecule has 2 aliphatic heterocycles. The maximum absolute atomic E-state index is 12.4. The van der Waals surface area contributed by atoms with Crippen molar-refractivity contribution in [2.45, 2.75) is 46.2 Å². The molecule has 25 heavy (non-hydrogen) atoms. The fourth-order valence-corrected chi connectivity index (χ4v) is 3.71. The molecule has 1 aromatic carbocycles. The van der Waals surface area contributed by atoms with Crippen molar-refractivity contribution >= 4 is 11.6 Å². The normalized spacial score (nSPS) is 15.8. The van der Waals surface area contributed by atoms with Crippen LogP contribution in [0.1, 0.15) is 53.3 Å². The van der Waals surface area contributed by atoms with E-state index in [0.717, 1.165) is 42.9 Å². The van der Waals surface area contributed by atoms with Crippen LogP contribution < -0.4 is 0 Å². The summed E-state index contributed by atoms with van der Waals surface area (Å²) >= 11 is 0. The number of unbranched alkanes of at least 4 members (excludes halogenated alkanes) is 1. The van der Waals surface area contributed by atoms with Gasteiger partial charge in [0.15, 0.2) is 0 Å². The van der Waals surface area contributed by atoms with Crippen molar-refractivity contribution in [1.29, 1.82) is 0 Å². The first-order valence-electron chi connectivity index (χ1n) is 9.06. The summed E-state index contributed by atoms with van der Waals surface area (Å²) in [6, 6.07) is 8.57. The number of nitrogens with zero attached hydrogens (tertiary/aromatic N) is 3. The molecule has 128 valence electrons. The van der Waals surface area contributed by atoms with E-state index in [4.69, 9.17) is 4.99 Å². The Kier molecular flexibility index (Phi) is 4.12. The van der Waals surface area contributed by atoms with E-state index in [2.05, 4.69) is 30.1 Å². The number of rotatable bonds is 4. The second-order valence-corrected chi connectivity index (χ2v) is 6.97. The SMILES string of the molecule is CCCCN1Cc2cc3c(cc2CC1=O)CN=C3c1ccnc(C)c1. The molecule has 1 amide bonds. The molecule has 2 aliphatic rings. The van der Waals surface area contributed by atoms with Crippen molar-refractivity contribution < 1.29 is 4.79 Å². The number of amides is 1. The van der Waals surface area contributed by atoms with E-state index in [0.29, 0.717) is 13.0 Å². The van der Waals surface area contributed by atoms with E-state index in [9.17, 15) is 4.79 Å². The number of carbonyl (C=O) groups is 1. The Balaban J connectivity index is 1.67. The van der Waals surface area contributed by atoms with E-state index < -0.39 is 0 Å². The number of hydrogen-bond acceptors (Lipinski definition) is 3. The third kappa shape index (κ3) is 2.97. The van der Waals surface area contributed by atoms with Gasteiger partial charge in [-0.25, -0.2) is 0 Å². The van der Waals surface area contributed by atoms with Gasteiger partial charge in [-0.2, -0.15) is 0 Å². The summed E-state index contributed by atoms with van der Waals surface area (Å²) in [5.41, 5.74) is 8.09. The van der Waals surface area contributed by atoms with Gasteiger partial charge in [0.05, 0.1) is 18.7 Å². The van der Waals surface area contributed by atoms with Crippen LogP contribution in [-0.2, 0) is 24.3 Å². The van der Waals surface area contributed by atoms with Crippen molar-refractivity contribution in [3.63, 3.8) is 0 Å². The average molecular weight is 333 g/mol. The zero-order valence-electron chi connectivity index (χ0n) is 14.9. The first-order valence-corrected chi connectivity index (χ1v) is 9.06. The highest BCUT2D eigenvalue weighted by Crippen LogP contribution is 2.30. The highest BCUT2D eigenvalue weighted by Gasteiger charge is 2.26. The standard InChI is InChI=1S/C21H23N3O/c1-3-4-7-24-13-18-10-19-17(9-16(18)11-20(24)25)12-23-21(19)15-5-6-22-14(2)8-15/h5-6,8-10H,3-4,7,11-13H2,1-2H3. The number of aryl methyl sites for hydroxylation is 1. The van der Waals surface area contributed by atoms with Crippen LogP contribution in [0.15, 0.2) is 35.5 Å². The van der Waals surface area contributed by atoms with Crippen molar-refractivity contribution in [2.75, 3.05) is 6.54 Å². The maximum Gasteiger partial charge on any atom is 0.227 e. The predicted octanol–water partition coefficient (Wildman–Crippen LogP) is 3.43. The van der Waals surface area contributed by atoms with E-state index >= 15 is 0 Å². The van der Waals surface area contributed by atoms with Gasteiger partial charge in [0.1, 0.15) is 0 Å². The van der Waals surface area contributed by atoms with Gasteiger partial charge in [0.2, 0.25) is 5.91 Å². The Morgan fingerprint density at radius 2 is 2.04 bits per heavy atom. The monoisotopic (exact) mass is 333 g/mol. The van der Waals surface area contributed by atoms with Gasteiger partial charge in [-0.3, -0.25) is 14.8 Å². The molecule has 0 saturated carbocycles. The number of benzene rings is 1. The number of aromatic nitrogens is 1. The van der Waals surface area contributed by atoms with Gasteiger partial charge in [-0.1, -0.05) is 19.4 Å². The van der Waals surface area contributed by atoms with E-state index in [1.165, 1.54) is 22.3 Å². The summed E-state index contributed by atoms with van der Waals surface area (Å²) in [4.78, 5) is 23.4. The Labute approximate surface area is 148 Å². The minimum atomic E-state index is 0.254. The number of aliphatic imine (C=N–C) groups is 1. The largest absolute Gasteiger partial charge is 0.338 e. The topological polar surface area (TPSA) is 45.6 Å². The van der Waals surface area contributed by atoms with Crippen LogP contribution in [0, 0.1) is 6.92 Å². The summed E-state index contributed by atoms with van der Waals surface area (Å²) in [6.45, 7) is 6.45. The number of pyridine rings is 1. The van der Waals surface area contributed by atoms with E-state index in [1.54, 1.807) is 0 Å². The molecule has 0 bridgehead atoms. The van der Waals surface area contributed by atoms with Gasteiger partial charge in [-0.15, -0.1) is 0 Å². The van der Waals surface area contributed by atoms with Gasteiger partial charge in [-0.05, 0) is 48.2 Å². The Morgan fingerprint density at radius 3 is 2.84 bits per heavy atom. The zero-order chi connectivity index (χ0) is 17.4. The predicted molar refractivity (Wildman–Crippen MR) is 98.8 cm³/mol. The lowest BCUT2D eigenvalue weighted by molar-refractivity contribution is -0.132. The summed E-state index contributed by atoms with van der Waals surface area (Å²) in [6.07, 6.45) is 4.54. The molecular formula is C21H23N3O. The quantitative estimate of drug-likeness (QED) is 0.860. The molecule has 0 N–H and O–H groups in total. The molecule has 0 fully saturated rings. The molecule has 4 rings (SSSR count). The van der Waals surface area contributed by atoms with Crippen LogP contribution in [0.2, 0.25) is 0 Å². The van der Waals surface area contributed by atoms with Gasteiger partial charge in [0.25, 0.3) is 0 Å². The second-order valence-electron chi connectivity index (χ2n) is 6.97. The van der Waals surface area contributed by atoms with Crippen molar-refractivity contribution in [1.82, 2.24) is 9.88 Å². The Hall–Kier alpha value is -2.49. The van der Waals surface area contributed by atoms with Crippen molar-refractivity contribution in [3.8, 4) is 0 Å². The molecule has 0 atom stereocenters. The lowest BCUT2D eigenvalue weighted by Gasteiger charge is -2.29. The second kappa shape index (κ2) is 6.43. The fourth-order valence-electron chi connectivity index (χ4n) is 3.71. The molecule has 0 unspecified atom stereocenters. The van der Waals surface area contributed by atoms with Crippen LogP contribution >= 0.6 is 0 Å². The molecule has 0 spiro atoms. The first kappa shape index (κ1) is 16.0. The summed E-state index contributed by atoms with van der Waals surface area (Å²) in [5, 5.41) is 0. The first-order chi connectivity index (χ1) is 12.2. The lowest BCUT2D eigenvalue weighted by atomic mass is 9.91. The number of fused-ring (bicyclic) bond motifs is 2. The molecular weight excluding hydrogens is 310 g/mol. The summed E-state index contributed by atoms with van der Waals surface area (Å²) < 4.78 is 0. The highest BCUT2D eigenvalue weighted by atomic mass is 16.2. The molecule has 4 heteroatoms. The fraction of sp³-hybridized carbons (Fsp3) is 0.381. The van der Waals surface area contributed by atoms with Gasteiger partial charge >= 0.3 is 0 Å². The zero-order valence-corrected chi connectivity index (χ0v) is 14.9. The van der Waals surface area contributed by atoms with Crippen LogP contribution in [0.25, 0.3) is 0 Å². The van der Waals surface area contributed by atoms with Crippen LogP contribution in [0.3, 0.4) is 0 Å². The molecule has 0 radical (unpaired) electrons. The van der Waals surface area contributed by atoms with Crippen LogP contribution in [0.5, 0.6) is 0 Å². The molecule has 0 saturated heterocycles. The molecule has 0 aliphatic carbocycles. The Bertz CT molecular complexity index is 869. The van der Waals surface area contributed by atoms with Crippen LogP contribution in [0.4, 0.5) is 0 Å². The van der Waals surface area contributed by atoms with Gasteiger partial charge in [0, 0.05) is 36.1 Å². The van der Waals surface area contributed by atoms with E-state index in [-0.39, 0.29) is 5.91 Å². The molecule has 1 aromatic heterocycles. The molecule has 2 aromatic rings. The smallest absolute Gasteiger partial charge is 0.227 e. The van der Waals surface area contributed by atoms with E-state index in [1.807, 2.05) is 24.1 Å². The lowest BCUT2D eigenvalue weighted by Crippen LogP contribution is -2.37. The Morgan fingerprint density at radius 1 is 1.16 bits per heavy atom. The molecule has 4 nitrogen and oxygen atoms in total. The third-order valence-electron chi connectivity index (χ3n) is 5.10. The van der Waals surface area contributed by atoms with Crippen LogP contribution in [-0.4, -0.2) is 28.0 Å². The summed E-state index contributed by atoms with van der Waals surface area (Å²) in [5.74, 6) is 0.254. The number of hydrogen-bond donors (Lipinski definition) is 0. The number of carbonyl (C=O) groups excluding carboxylic acids is 1. The molecule has 3 heterocycles. The third-order valence-corrected chi connectivity index (χ3v) is 5.10. The van der Waals surface area contributed by atoms with Gasteiger partial charge < -0.3 is 4.90 Å². The maximum atomic E-state index is 12.4. The highest BCUT2D eigenvalue weighted by molar-refractivity contribution is 6.15. The summed E-state index contributed by atoms with van der Waals surface area (Å²) in [7, 11) is 0. The van der Waals surface area contributed by atoms with Crippen molar-refractivity contribution in [2.24, 2.45) is 4.99 Å². The minimum Gasteiger partial charge on any atom is -0.338 e. The average Bonchev–Trinajstić information content (AvgIpc) is 3.01. The minimum absolute atomic E-state index is 0.254.